The normalized spacial score (nSPS) is 15.5. The van der Waals surface area contributed by atoms with Crippen molar-refractivity contribution in [2.75, 3.05) is 30.7 Å². The molecular formula is C13H15F3N6O. The molecule has 1 aliphatic rings. The van der Waals surface area contributed by atoms with Gasteiger partial charge < -0.3 is 20.9 Å². The van der Waals surface area contributed by atoms with Crippen LogP contribution in [0.4, 0.5) is 29.3 Å². The number of urea groups is 1. The third-order valence-electron chi connectivity index (χ3n) is 3.25. The first kappa shape index (κ1) is 16.6. The third-order valence-corrected chi connectivity index (χ3v) is 3.25. The number of nitrogens with two attached hydrogens (primary N) is 1. The Morgan fingerprint density at radius 3 is 2.35 bits per heavy atom. The minimum Gasteiger partial charge on any atom is -0.399 e. The maximum atomic E-state index is 12.5. The summed E-state index contributed by atoms with van der Waals surface area (Å²) in [6.07, 6.45) is -4.82. The number of amides is 2. The molecule has 5 N–H and O–H groups in total. The van der Waals surface area contributed by atoms with Crippen molar-refractivity contribution in [3.63, 3.8) is 0 Å². The second kappa shape index (κ2) is 6.15. The molecule has 7 nitrogen and oxygen atoms in total. The van der Waals surface area contributed by atoms with Gasteiger partial charge in [-0.2, -0.15) is 13.2 Å². The zero-order chi connectivity index (χ0) is 17.2. The lowest BCUT2D eigenvalue weighted by Crippen LogP contribution is -2.57. The predicted octanol–water partition coefficient (Wildman–Crippen LogP) is 1.94. The first-order chi connectivity index (χ1) is 10.7. The van der Waals surface area contributed by atoms with Gasteiger partial charge in [0.25, 0.3) is 0 Å². The monoisotopic (exact) mass is 328 g/mol. The minimum atomic E-state index is -4.82. The predicted molar refractivity (Wildman–Crippen MR) is 79.7 cm³/mol. The van der Waals surface area contributed by atoms with Crippen molar-refractivity contribution in [2.45, 2.75) is 6.18 Å². The zero-order valence-corrected chi connectivity index (χ0v) is 11.9. The number of anilines is 2. The molecule has 0 radical (unpaired) electrons. The Labute approximate surface area is 129 Å². The molecule has 10 heteroatoms. The number of hydrogen-bond acceptors (Lipinski definition) is 4. The van der Waals surface area contributed by atoms with Gasteiger partial charge in [0.05, 0.1) is 6.54 Å². The number of rotatable bonds is 1. The number of alkyl halides is 3. The number of carbonyl (C=O) groups excluding carboxylic acids is 1. The summed E-state index contributed by atoms with van der Waals surface area (Å²) in [5.74, 6) is -2.05. The molecule has 124 valence electrons. The summed E-state index contributed by atoms with van der Waals surface area (Å²) >= 11 is 0. The molecule has 0 atom stereocenters. The Morgan fingerprint density at radius 2 is 1.83 bits per heavy atom. The molecule has 0 unspecified atom stereocenters. The highest BCUT2D eigenvalue weighted by Gasteiger charge is 2.41. The Hall–Kier alpha value is -2.78. The highest BCUT2D eigenvalue weighted by molar-refractivity contribution is 6.03. The second-order valence-electron chi connectivity index (χ2n) is 4.92. The number of piperazine rings is 1. The molecule has 1 saturated heterocycles. The van der Waals surface area contributed by atoms with Gasteiger partial charge in [0.15, 0.2) is 0 Å². The van der Waals surface area contributed by atoms with Gasteiger partial charge in [0.1, 0.15) is 5.84 Å². The van der Waals surface area contributed by atoms with Gasteiger partial charge in [-0.1, -0.05) is 0 Å². The number of nitrogens with one attached hydrogen (secondary N) is 3. The van der Waals surface area contributed by atoms with Crippen LogP contribution in [0.3, 0.4) is 0 Å². The van der Waals surface area contributed by atoms with Crippen molar-refractivity contribution in [3.8, 4) is 0 Å². The van der Waals surface area contributed by atoms with Crippen LogP contribution in [-0.2, 0) is 0 Å². The van der Waals surface area contributed by atoms with E-state index < -0.39 is 23.9 Å². The van der Waals surface area contributed by atoms with Crippen LogP contribution in [0.25, 0.3) is 0 Å². The quantitative estimate of drug-likeness (QED) is 0.359. The van der Waals surface area contributed by atoms with Crippen LogP contribution in [0, 0.1) is 10.8 Å². The van der Waals surface area contributed by atoms with Crippen molar-refractivity contribution >= 4 is 29.1 Å². The first-order valence-electron chi connectivity index (χ1n) is 6.60. The van der Waals surface area contributed by atoms with E-state index in [4.69, 9.17) is 16.6 Å². The van der Waals surface area contributed by atoms with Gasteiger partial charge in [-0.25, -0.2) is 4.79 Å². The van der Waals surface area contributed by atoms with Crippen molar-refractivity contribution in [1.29, 1.82) is 10.8 Å². The molecule has 2 amide bonds. The molecule has 1 heterocycles. The standard InChI is InChI=1S/C13H15F3N6O/c14-13(15,16)11(19)22-6-5-21(7-10(22)18)12(23)20-9-3-1-8(17)2-4-9/h1-4,18-19H,5-7,17H2,(H,20,23). The molecule has 1 aromatic carbocycles. The van der Waals surface area contributed by atoms with E-state index in [-0.39, 0.29) is 19.6 Å². The molecular weight excluding hydrogens is 313 g/mol. The fourth-order valence-corrected chi connectivity index (χ4v) is 2.04. The van der Waals surface area contributed by atoms with Crippen molar-refractivity contribution in [2.24, 2.45) is 0 Å². The van der Waals surface area contributed by atoms with Crippen LogP contribution < -0.4 is 11.1 Å². The fourth-order valence-electron chi connectivity index (χ4n) is 2.04. The Bertz CT molecular complexity index is 628. The van der Waals surface area contributed by atoms with Gasteiger partial charge in [0, 0.05) is 24.5 Å². The summed E-state index contributed by atoms with van der Waals surface area (Å²) in [6.45, 7) is -0.590. The van der Waals surface area contributed by atoms with Crippen LogP contribution in [-0.4, -0.2) is 53.3 Å². The molecule has 1 aliphatic heterocycles. The third kappa shape index (κ3) is 3.90. The smallest absolute Gasteiger partial charge is 0.399 e. The number of benzene rings is 1. The van der Waals surface area contributed by atoms with Crippen LogP contribution in [0.15, 0.2) is 24.3 Å². The molecule has 0 spiro atoms. The molecule has 0 aliphatic carbocycles. The number of amidine groups is 2. The number of halogens is 3. The van der Waals surface area contributed by atoms with Crippen LogP contribution >= 0.6 is 0 Å². The number of hydrogen-bond donors (Lipinski definition) is 4. The number of nitrogens with zero attached hydrogens (tertiary/aromatic N) is 2. The molecule has 0 saturated carbocycles. The summed E-state index contributed by atoms with van der Waals surface area (Å²) in [4.78, 5) is 13.8. The largest absolute Gasteiger partial charge is 0.449 e. The summed E-state index contributed by atoms with van der Waals surface area (Å²) in [5.41, 5.74) is 6.55. The zero-order valence-electron chi connectivity index (χ0n) is 11.9. The van der Waals surface area contributed by atoms with Crippen LogP contribution in [0.1, 0.15) is 0 Å². The minimum absolute atomic E-state index is 0.0261. The maximum Gasteiger partial charge on any atom is 0.449 e. The molecule has 23 heavy (non-hydrogen) atoms. The van der Waals surface area contributed by atoms with Gasteiger partial charge in [-0.05, 0) is 24.3 Å². The Morgan fingerprint density at radius 1 is 1.22 bits per heavy atom. The van der Waals surface area contributed by atoms with E-state index in [0.717, 1.165) is 0 Å². The average Bonchev–Trinajstić information content (AvgIpc) is 2.48. The van der Waals surface area contributed by atoms with Crippen LogP contribution in [0.5, 0.6) is 0 Å². The van der Waals surface area contributed by atoms with E-state index in [1.165, 1.54) is 4.90 Å². The van der Waals surface area contributed by atoms with Gasteiger partial charge in [0.2, 0.25) is 5.84 Å². The van der Waals surface area contributed by atoms with E-state index in [2.05, 4.69) is 5.32 Å². The summed E-state index contributed by atoms with van der Waals surface area (Å²) in [5, 5.41) is 17.3. The average molecular weight is 328 g/mol. The van der Waals surface area contributed by atoms with Crippen LogP contribution in [0.2, 0.25) is 0 Å². The van der Waals surface area contributed by atoms with E-state index >= 15 is 0 Å². The van der Waals surface area contributed by atoms with E-state index in [9.17, 15) is 18.0 Å². The number of carbonyl (C=O) groups is 1. The molecule has 0 bridgehead atoms. The second-order valence-corrected chi connectivity index (χ2v) is 4.92. The number of nitrogen functional groups attached to an aromatic ring is 1. The molecule has 0 aromatic heterocycles. The SMILES string of the molecule is N=C1CN(C(=O)Nc2ccc(N)cc2)CCN1C(=N)C(F)(F)F. The topological polar surface area (TPSA) is 109 Å². The van der Waals surface area contributed by atoms with Gasteiger partial charge in [-0.15, -0.1) is 0 Å². The van der Waals surface area contributed by atoms with Crippen molar-refractivity contribution in [1.82, 2.24) is 9.80 Å². The Kier molecular flexibility index (Phi) is 4.43. The first-order valence-corrected chi connectivity index (χ1v) is 6.60. The molecule has 2 rings (SSSR count). The van der Waals surface area contributed by atoms with Crippen molar-refractivity contribution in [3.05, 3.63) is 24.3 Å². The van der Waals surface area contributed by atoms with Gasteiger partial charge >= 0.3 is 12.2 Å². The van der Waals surface area contributed by atoms with E-state index in [1.54, 1.807) is 24.3 Å². The van der Waals surface area contributed by atoms with Crippen molar-refractivity contribution < 1.29 is 18.0 Å². The fraction of sp³-hybridized carbons (Fsp3) is 0.308. The lowest BCUT2D eigenvalue weighted by molar-refractivity contribution is -0.0675. The lowest BCUT2D eigenvalue weighted by atomic mass is 10.2. The highest BCUT2D eigenvalue weighted by Crippen LogP contribution is 2.20. The highest BCUT2D eigenvalue weighted by atomic mass is 19.4. The van der Waals surface area contributed by atoms with E-state index in [1.807, 2.05) is 0 Å². The molecule has 1 fully saturated rings. The summed E-state index contributed by atoms with van der Waals surface area (Å²) < 4.78 is 37.6. The lowest BCUT2D eigenvalue weighted by Gasteiger charge is -2.36. The van der Waals surface area contributed by atoms with E-state index in [0.29, 0.717) is 16.3 Å². The summed E-state index contributed by atoms with van der Waals surface area (Å²) in [7, 11) is 0. The summed E-state index contributed by atoms with van der Waals surface area (Å²) in [6, 6.07) is 5.85. The Balaban J connectivity index is 1.97. The molecule has 1 aromatic rings. The van der Waals surface area contributed by atoms with Gasteiger partial charge in [-0.3, -0.25) is 10.8 Å². The maximum absolute atomic E-state index is 12.5.